The van der Waals surface area contributed by atoms with Gasteiger partial charge in [0.05, 0.1) is 5.75 Å². The Balaban J connectivity index is 1.98. The molecule has 3 N–H and O–H groups in total. The molecule has 1 heterocycles. The summed E-state index contributed by atoms with van der Waals surface area (Å²) in [5.41, 5.74) is 2.63. The van der Waals surface area contributed by atoms with Crippen LogP contribution in [0.3, 0.4) is 0 Å². The highest BCUT2D eigenvalue weighted by molar-refractivity contribution is 7.89. The maximum Gasteiger partial charge on any atom is 0.251 e. The maximum absolute atomic E-state index is 12.2. The Hall–Kier alpha value is -1.60. The predicted molar refractivity (Wildman–Crippen MR) is 83.0 cm³/mol. The highest BCUT2D eigenvalue weighted by Crippen LogP contribution is 2.25. The molecule has 1 aliphatic rings. The van der Waals surface area contributed by atoms with E-state index in [1.165, 1.54) is 0 Å². The smallest absolute Gasteiger partial charge is 0.251 e. The molecule has 116 valence electrons. The quantitative estimate of drug-likeness (QED) is 0.722. The molecule has 0 radical (unpaired) electrons. The molecule has 0 bridgehead atoms. The Bertz CT molecular complexity index is 614. The van der Waals surface area contributed by atoms with Crippen molar-refractivity contribution >= 4 is 21.6 Å². The number of benzene rings is 1. The molecule has 1 aromatic carbocycles. The number of carbonyl (C=O) groups is 1. The summed E-state index contributed by atoms with van der Waals surface area (Å²) in [6, 6.07) is 5.57. The Kier molecular flexibility index (Phi) is 5.19. The third kappa shape index (κ3) is 4.18. The first-order chi connectivity index (χ1) is 10.0. The van der Waals surface area contributed by atoms with Gasteiger partial charge in [0.2, 0.25) is 10.0 Å². The first kappa shape index (κ1) is 15.8. The van der Waals surface area contributed by atoms with Crippen molar-refractivity contribution in [2.24, 2.45) is 0 Å². The fourth-order valence-corrected chi connectivity index (χ4v) is 3.36. The van der Waals surface area contributed by atoms with E-state index in [2.05, 4.69) is 15.4 Å². The Morgan fingerprint density at radius 2 is 2.19 bits per heavy atom. The Morgan fingerprint density at radius 3 is 2.95 bits per heavy atom. The fraction of sp³-hybridized carbons (Fsp3) is 0.500. The van der Waals surface area contributed by atoms with E-state index in [1.54, 1.807) is 13.0 Å². The number of hydrogen-bond donors (Lipinski definition) is 3. The van der Waals surface area contributed by atoms with Gasteiger partial charge in [-0.1, -0.05) is 13.0 Å². The van der Waals surface area contributed by atoms with E-state index in [1.807, 2.05) is 12.1 Å². The molecule has 0 unspecified atom stereocenters. The SMILES string of the molecule is CCNS(=O)(=O)CCNC(=O)c1cccc2c1CCCN2. The van der Waals surface area contributed by atoms with Crippen LogP contribution >= 0.6 is 0 Å². The third-order valence-electron chi connectivity index (χ3n) is 3.36. The number of sulfonamides is 1. The van der Waals surface area contributed by atoms with Crippen molar-refractivity contribution in [1.82, 2.24) is 10.0 Å². The van der Waals surface area contributed by atoms with Crippen molar-refractivity contribution in [2.45, 2.75) is 19.8 Å². The third-order valence-corrected chi connectivity index (χ3v) is 4.83. The second-order valence-electron chi connectivity index (χ2n) is 4.93. The highest BCUT2D eigenvalue weighted by Gasteiger charge is 2.17. The summed E-state index contributed by atoms with van der Waals surface area (Å²) in [6.07, 6.45) is 1.85. The number of hydrogen-bond acceptors (Lipinski definition) is 4. The zero-order valence-electron chi connectivity index (χ0n) is 12.1. The standard InChI is InChI=1S/C14H21N3O3S/c1-2-17-21(19,20)10-9-16-14(18)12-5-3-7-13-11(12)6-4-8-15-13/h3,5,7,15,17H,2,4,6,8-10H2,1H3,(H,16,18). The van der Waals surface area contributed by atoms with Crippen molar-refractivity contribution in [3.63, 3.8) is 0 Å². The van der Waals surface area contributed by atoms with Crippen LogP contribution in [0.5, 0.6) is 0 Å². The van der Waals surface area contributed by atoms with Crippen molar-refractivity contribution in [1.29, 1.82) is 0 Å². The lowest BCUT2D eigenvalue weighted by molar-refractivity contribution is 0.0955. The normalized spacial score (nSPS) is 14.1. The van der Waals surface area contributed by atoms with Crippen LogP contribution in [-0.4, -0.2) is 39.7 Å². The molecule has 0 aromatic heterocycles. The summed E-state index contributed by atoms with van der Waals surface area (Å²) in [7, 11) is -3.30. The van der Waals surface area contributed by atoms with Crippen molar-refractivity contribution in [3.05, 3.63) is 29.3 Å². The summed E-state index contributed by atoms with van der Waals surface area (Å²) < 4.78 is 25.4. The first-order valence-corrected chi connectivity index (χ1v) is 8.80. The van der Waals surface area contributed by atoms with Gasteiger partial charge in [0.1, 0.15) is 0 Å². The molecule has 0 saturated heterocycles. The van der Waals surface area contributed by atoms with E-state index < -0.39 is 10.0 Å². The summed E-state index contributed by atoms with van der Waals surface area (Å²) in [4.78, 5) is 12.2. The lowest BCUT2D eigenvalue weighted by Gasteiger charge is -2.20. The van der Waals surface area contributed by atoms with Crippen LogP contribution in [0.25, 0.3) is 0 Å². The number of nitrogens with one attached hydrogen (secondary N) is 3. The molecule has 0 aliphatic carbocycles. The topological polar surface area (TPSA) is 87.3 Å². The second kappa shape index (κ2) is 6.91. The van der Waals surface area contributed by atoms with E-state index in [4.69, 9.17) is 0 Å². The first-order valence-electron chi connectivity index (χ1n) is 7.15. The predicted octanol–water partition coefficient (Wildman–Crippen LogP) is 0.714. The van der Waals surface area contributed by atoms with Gasteiger partial charge in [-0.15, -0.1) is 0 Å². The van der Waals surface area contributed by atoms with Gasteiger partial charge in [-0.3, -0.25) is 4.79 Å². The summed E-state index contributed by atoms with van der Waals surface area (Å²) >= 11 is 0. The van der Waals surface area contributed by atoms with Crippen LogP contribution in [0.1, 0.15) is 29.3 Å². The zero-order valence-corrected chi connectivity index (χ0v) is 12.9. The molecular formula is C14H21N3O3S. The molecule has 1 aromatic rings. The molecule has 7 heteroatoms. The van der Waals surface area contributed by atoms with Crippen molar-refractivity contribution < 1.29 is 13.2 Å². The number of rotatable bonds is 6. The molecule has 1 amide bonds. The van der Waals surface area contributed by atoms with E-state index in [9.17, 15) is 13.2 Å². The summed E-state index contributed by atoms with van der Waals surface area (Å²) in [5, 5.41) is 5.95. The lowest BCUT2D eigenvalue weighted by Crippen LogP contribution is -2.34. The molecule has 2 rings (SSSR count). The van der Waals surface area contributed by atoms with Crippen LogP contribution in [0, 0.1) is 0 Å². The second-order valence-corrected chi connectivity index (χ2v) is 6.86. The average molecular weight is 311 g/mol. The van der Waals surface area contributed by atoms with Crippen LogP contribution in [0.4, 0.5) is 5.69 Å². The fourth-order valence-electron chi connectivity index (χ4n) is 2.41. The minimum atomic E-state index is -3.30. The summed E-state index contributed by atoms with van der Waals surface area (Å²) in [5.74, 6) is -0.331. The van der Waals surface area contributed by atoms with Crippen molar-refractivity contribution in [3.8, 4) is 0 Å². The number of fused-ring (bicyclic) bond motifs is 1. The van der Waals surface area contributed by atoms with E-state index in [0.717, 1.165) is 30.6 Å². The molecule has 1 aliphatic heterocycles. The van der Waals surface area contributed by atoms with Gasteiger partial charge in [0, 0.05) is 30.9 Å². The maximum atomic E-state index is 12.2. The molecule has 0 saturated carbocycles. The van der Waals surface area contributed by atoms with Gasteiger partial charge < -0.3 is 10.6 Å². The number of carbonyl (C=O) groups excluding carboxylic acids is 1. The molecule has 21 heavy (non-hydrogen) atoms. The largest absolute Gasteiger partial charge is 0.385 e. The monoisotopic (exact) mass is 311 g/mol. The molecule has 0 spiro atoms. The van der Waals surface area contributed by atoms with Gasteiger partial charge in [0.25, 0.3) is 5.91 Å². The lowest BCUT2D eigenvalue weighted by atomic mass is 9.97. The zero-order chi connectivity index (χ0) is 15.3. The Labute approximate surface area is 125 Å². The molecule has 0 atom stereocenters. The summed E-state index contributed by atoms with van der Waals surface area (Å²) in [6.45, 7) is 3.10. The highest BCUT2D eigenvalue weighted by atomic mass is 32.2. The minimum Gasteiger partial charge on any atom is -0.385 e. The van der Waals surface area contributed by atoms with Crippen LogP contribution in [-0.2, 0) is 16.4 Å². The van der Waals surface area contributed by atoms with E-state index in [-0.39, 0.29) is 18.2 Å². The number of amides is 1. The average Bonchev–Trinajstić information content (AvgIpc) is 2.46. The van der Waals surface area contributed by atoms with Gasteiger partial charge in [-0.2, -0.15) is 0 Å². The minimum absolute atomic E-state index is 0.102. The van der Waals surface area contributed by atoms with Crippen LogP contribution in [0.15, 0.2) is 18.2 Å². The number of anilines is 1. The van der Waals surface area contributed by atoms with Gasteiger partial charge in [0.15, 0.2) is 0 Å². The Morgan fingerprint density at radius 1 is 1.38 bits per heavy atom. The van der Waals surface area contributed by atoms with Gasteiger partial charge in [-0.25, -0.2) is 13.1 Å². The molecule has 0 fully saturated rings. The van der Waals surface area contributed by atoms with E-state index in [0.29, 0.717) is 12.1 Å². The van der Waals surface area contributed by atoms with Gasteiger partial charge >= 0.3 is 0 Å². The van der Waals surface area contributed by atoms with Crippen LogP contribution in [0.2, 0.25) is 0 Å². The van der Waals surface area contributed by atoms with E-state index >= 15 is 0 Å². The van der Waals surface area contributed by atoms with Gasteiger partial charge in [-0.05, 0) is 30.5 Å². The van der Waals surface area contributed by atoms with Crippen LogP contribution < -0.4 is 15.4 Å². The van der Waals surface area contributed by atoms with Crippen molar-refractivity contribution in [2.75, 3.05) is 30.7 Å². The molecule has 6 nitrogen and oxygen atoms in total. The molecular weight excluding hydrogens is 290 g/mol.